The van der Waals surface area contributed by atoms with Crippen LogP contribution < -0.4 is 0 Å². The maximum atomic E-state index is 13.3. The van der Waals surface area contributed by atoms with E-state index in [0.717, 1.165) is 62.6 Å². The zero-order valence-corrected chi connectivity index (χ0v) is 17.8. The molecule has 2 aromatic rings. The SMILES string of the molecule is CCOC(=O)[C@]1(CCCc2ccccc2)CCCN(C(=O)c2n[nH]c3c2CCC3)C1. The van der Waals surface area contributed by atoms with Crippen molar-refractivity contribution in [2.24, 2.45) is 5.41 Å². The van der Waals surface area contributed by atoms with Crippen molar-refractivity contribution in [2.45, 2.75) is 58.3 Å². The zero-order valence-electron chi connectivity index (χ0n) is 17.8. The third kappa shape index (κ3) is 4.13. The van der Waals surface area contributed by atoms with E-state index < -0.39 is 5.41 Å². The molecule has 1 amide bonds. The Labute approximate surface area is 178 Å². The highest BCUT2D eigenvalue weighted by molar-refractivity contribution is 5.94. The zero-order chi connectivity index (χ0) is 21.0. The molecule has 6 heteroatoms. The van der Waals surface area contributed by atoms with Crippen LogP contribution in [0.5, 0.6) is 0 Å². The number of fused-ring (bicyclic) bond motifs is 1. The van der Waals surface area contributed by atoms with Gasteiger partial charge >= 0.3 is 5.97 Å². The normalized spacial score (nSPS) is 20.8. The molecule has 1 aliphatic carbocycles. The van der Waals surface area contributed by atoms with Crippen LogP contribution in [0.15, 0.2) is 30.3 Å². The Balaban J connectivity index is 1.49. The lowest BCUT2D eigenvalue weighted by molar-refractivity contribution is -0.159. The van der Waals surface area contributed by atoms with Gasteiger partial charge in [0, 0.05) is 24.3 Å². The quantitative estimate of drug-likeness (QED) is 0.708. The summed E-state index contributed by atoms with van der Waals surface area (Å²) in [5, 5.41) is 7.34. The summed E-state index contributed by atoms with van der Waals surface area (Å²) < 4.78 is 5.48. The van der Waals surface area contributed by atoms with Crippen LogP contribution in [-0.2, 0) is 28.8 Å². The van der Waals surface area contributed by atoms with Gasteiger partial charge in [-0.2, -0.15) is 5.10 Å². The van der Waals surface area contributed by atoms with E-state index in [1.165, 1.54) is 5.56 Å². The number of nitrogens with one attached hydrogen (secondary N) is 1. The molecular formula is C24H31N3O3. The number of aromatic amines is 1. The number of hydrogen-bond acceptors (Lipinski definition) is 4. The lowest BCUT2D eigenvalue weighted by atomic mass is 9.75. The first-order valence-corrected chi connectivity index (χ1v) is 11.2. The lowest BCUT2D eigenvalue weighted by Gasteiger charge is -2.41. The summed E-state index contributed by atoms with van der Waals surface area (Å²) in [5.74, 6) is -0.214. The second-order valence-corrected chi connectivity index (χ2v) is 8.55. The van der Waals surface area contributed by atoms with Crippen molar-refractivity contribution in [3.8, 4) is 0 Å². The number of ether oxygens (including phenoxy) is 1. The highest BCUT2D eigenvalue weighted by Gasteiger charge is 2.45. The molecule has 6 nitrogen and oxygen atoms in total. The first-order chi connectivity index (χ1) is 14.6. The Bertz CT molecular complexity index is 892. The first-order valence-electron chi connectivity index (χ1n) is 11.2. The number of piperidine rings is 1. The molecule has 0 saturated carbocycles. The molecule has 0 bridgehead atoms. The predicted octanol–water partition coefficient (Wildman–Crippen LogP) is 3.71. The van der Waals surface area contributed by atoms with E-state index in [1.807, 2.05) is 30.0 Å². The average Bonchev–Trinajstić information content (AvgIpc) is 3.38. The fourth-order valence-electron chi connectivity index (χ4n) is 4.98. The fraction of sp³-hybridized carbons (Fsp3) is 0.542. The number of likely N-dealkylation sites (tertiary alicyclic amines) is 1. The van der Waals surface area contributed by atoms with Crippen LogP contribution in [0.25, 0.3) is 0 Å². The number of H-pyrrole nitrogens is 1. The summed E-state index contributed by atoms with van der Waals surface area (Å²) >= 11 is 0. The Morgan fingerprint density at radius 3 is 2.83 bits per heavy atom. The first kappa shape index (κ1) is 20.6. The highest BCUT2D eigenvalue weighted by atomic mass is 16.5. The molecule has 160 valence electrons. The van der Waals surface area contributed by atoms with Crippen LogP contribution in [0, 0.1) is 5.41 Å². The van der Waals surface area contributed by atoms with E-state index >= 15 is 0 Å². The van der Waals surface area contributed by atoms with E-state index in [2.05, 4.69) is 22.3 Å². The highest BCUT2D eigenvalue weighted by Crippen LogP contribution is 2.37. The number of aryl methyl sites for hydroxylation is 2. The number of nitrogens with zero attached hydrogens (tertiary/aromatic N) is 2. The van der Waals surface area contributed by atoms with Crippen molar-refractivity contribution < 1.29 is 14.3 Å². The topological polar surface area (TPSA) is 75.3 Å². The fourth-order valence-corrected chi connectivity index (χ4v) is 4.98. The largest absolute Gasteiger partial charge is 0.466 e. The molecule has 0 spiro atoms. The molecule has 30 heavy (non-hydrogen) atoms. The minimum absolute atomic E-state index is 0.0502. The van der Waals surface area contributed by atoms with Crippen molar-refractivity contribution >= 4 is 11.9 Å². The smallest absolute Gasteiger partial charge is 0.313 e. The van der Waals surface area contributed by atoms with Gasteiger partial charge in [0.1, 0.15) is 0 Å². The molecule has 1 aliphatic heterocycles. The molecule has 1 saturated heterocycles. The molecule has 2 aliphatic rings. The molecule has 1 aromatic carbocycles. The number of aromatic nitrogens is 2. The van der Waals surface area contributed by atoms with Gasteiger partial charge < -0.3 is 9.64 Å². The molecule has 0 unspecified atom stereocenters. The Morgan fingerprint density at radius 2 is 2.03 bits per heavy atom. The second kappa shape index (κ2) is 9.02. The van der Waals surface area contributed by atoms with Crippen molar-refractivity contribution in [1.29, 1.82) is 0 Å². The van der Waals surface area contributed by atoms with Gasteiger partial charge in [-0.3, -0.25) is 14.7 Å². The van der Waals surface area contributed by atoms with E-state index in [9.17, 15) is 9.59 Å². The minimum Gasteiger partial charge on any atom is -0.466 e. The van der Waals surface area contributed by atoms with Crippen molar-refractivity contribution in [1.82, 2.24) is 15.1 Å². The molecular weight excluding hydrogens is 378 g/mol. The van der Waals surface area contributed by atoms with Gasteiger partial charge in [0.15, 0.2) is 5.69 Å². The summed E-state index contributed by atoms with van der Waals surface area (Å²) in [6.45, 7) is 3.29. The van der Waals surface area contributed by atoms with Gasteiger partial charge in [0.05, 0.1) is 12.0 Å². The third-order valence-electron chi connectivity index (χ3n) is 6.55. The number of hydrogen-bond donors (Lipinski definition) is 1. The summed E-state index contributed by atoms with van der Waals surface area (Å²) in [4.78, 5) is 28.1. The van der Waals surface area contributed by atoms with E-state index in [-0.39, 0.29) is 11.9 Å². The monoisotopic (exact) mass is 409 g/mol. The second-order valence-electron chi connectivity index (χ2n) is 8.55. The van der Waals surface area contributed by atoms with Crippen LogP contribution in [0.2, 0.25) is 0 Å². The molecule has 0 radical (unpaired) electrons. The summed E-state index contributed by atoms with van der Waals surface area (Å²) in [7, 11) is 0. The maximum absolute atomic E-state index is 13.3. The predicted molar refractivity (Wildman–Crippen MR) is 114 cm³/mol. The van der Waals surface area contributed by atoms with Gasteiger partial charge in [-0.1, -0.05) is 30.3 Å². The van der Waals surface area contributed by atoms with Crippen molar-refractivity contribution in [3.05, 3.63) is 52.8 Å². The van der Waals surface area contributed by atoms with Crippen molar-refractivity contribution in [2.75, 3.05) is 19.7 Å². The summed E-state index contributed by atoms with van der Waals surface area (Å²) in [5.41, 5.74) is 3.35. The van der Waals surface area contributed by atoms with E-state index in [4.69, 9.17) is 4.74 Å². The van der Waals surface area contributed by atoms with Crippen molar-refractivity contribution in [3.63, 3.8) is 0 Å². The summed E-state index contributed by atoms with van der Waals surface area (Å²) in [6.07, 6.45) is 7.04. The van der Waals surface area contributed by atoms with Crippen LogP contribution in [0.1, 0.15) is 66.3 Å². The van der Waals surface area contributed by atoms with Crippen LogP contribution in [0.4, 0.5) is 0 Å². The van der Waals surface area contributed by atoms with Gasteiger partial charge in [-0.15, -0.1) is 0 Å². The number of rotatable bonds is 7. The molecule has 1 atom stereocenters. The minimum atomic E-state index is -0.627. The lowest BCUT2D eigenvalue weighted by Crippen LogP contribution is -2.50. The van der Waals surface area contributed by atoms with E-state index in [0.29, 0.717) is 25.4 Å². The van der Waals surface area contributed by atoms with Crippen LogP contribution >= 0.6 is 0 Å². The van der Waals surface area contributed by atoms with Gasteiger partial charge in [0.25, 0.3) is 5.91 Å². The Morgan fingerprint density at radius 1 is 1.20 bits per heavy atom. The molecule has 1 N–H and O–H groups in total. The summed E-state index contributed by atoms with van der Waals surface area (Å²) in [6, 6.07) is 10.3. The molecule has 1 aromatic heterocycles. The molecule has 1 fully saturated rings. The van der Waals surface area contributed by atoms with Crippen LogP contribution in [0.3, 0.4) is 0 Å². The van der Waals surface area contributed by atoms with Crippen LogP contribution in [-0.4, -0.2) is 46.7 Å². The Kier molecular flexibility index (Phi) is 6.21. The third-order valence-corrected chi connectivity index (χ3v) is 6.55. The average molecular weight is 410 g/mol. The number of amides is 1. The van der Waals surface area contributed by atoms with E-state index in [1.54, 1.807) is 0 Å². The molecule has 2 heterocycles. The maximum Gasteiger partial charge on any atom is 0.313 e. The number of carbonyl (C=O) groups excluding carboxylic acids is 2. The molecule has 4 rings (SSSR count). The Hall–Kier alpha value is -2.63. The number of benzene rings is 1. The van der Waals surface area contributed by atoms with Gasteiger partial charge in [-0.05, 0) is 63.9 Å². The van der Waals surface area contributed by atoms with Gasteiger partial charge in [-0.25, -0.2) is 0 Å². The standard InChI is InChI=1S/C24H31N3O3/c1-2-30-23(29)24(14-7-11-18-9-4-3-5-10-18)15-8-16-27(17-24)22(28)21-19-12-6-13-20(19)25-26-21/h3-5,9-10H,2,6-8,11-17H2,1H3,(H,25,26)/t24-/m1/s1. The number of esters is 1. The van der Waals surface area contributed by atoms with Gasteiger partial charge in [0.2, 0.25) is 0 Å². The number of carbonyl (C=O) groups is 2.